The molecule has 4 nitrogen and oxygen atoms in total. The van der Waals surface area contributed by atoms with Crippen molar-refractivity contribution in [2.45, 2.75) is 36.6 Å². The minimum Gasteiger partial charge on any atom is -0.396 e. The van der Waals surface area contributed by atoms with E-state index in [-0.39, 0.29) is 29.0 Å². The van der Waals surface area contributed by atoms with Gasteiger partial charge in [0.15, 0.2) is 11.6 Å². The number of aliphatic hydroxyl groups is 1. The van der Waals surface area contributed by atoms with E-state index in [4.69, 9.17) is 5.11 Å². The third-order valence-electron chi connectivity index (χ3n) is 4.85. The molecule has 0 bridgehead atoms. The molecular weight excluding hydrogens is 360 g/mol. The van der Waals surface area contributed by atoms with Crippen LogP contribution in [-0.2, 0) is 10.0 Å². The largest absolute Gasteiger partial charge is 0.396 e. The lowest BCUT2D eigenvalue weighted by atomic mass is 9.87. The van der Waals surface area contributed by atoms with Gasteiger partial charge in [-0.05, 0) is 55.4 Å². The van der Waals surface area contributed by atoms with E-state index in [2.05, 4.69) is 4.72 Å². The van der Waals surface area contributed by atoms with E-state index in [1.807, 2.05) is 0 Å². The minimum absolute atomic E-state index is 0.0855. The molecule has 2 N–H and O–H groups in total. The van der Waals surface area contributed by atoms with Gasteiger partial charge >= 0.3 is 0 Å². The molecule has 1 saturated carbocycles. The third kappa shape index (κ3) is 4.11. The van der Waals surface area contributed by atoms with E-state index >= 15 is 0 Å². The van der Waals surface area contributed by atoms with Gasteiger partial charge in [-0.1, -0.05) is 24.3 Å². The maximum atomic E-state index is 13.9. The summed E-state index contributed by atoms with van der Waals surface area (Å²) in [6.07, 6.45) is 2.97. The first-order valence-corrected chi connectivity index (χ1v) is 10.1. The molecule has 1 fully saturated rings. The number of aliphatic hydroxyl groups excluding tert-OH is 1. The lowest BCUT2D eigenvalue weighted by Gasteiger charge is -2.27. The van der Waals surface area contributed by atoms with Gasteiger partial charge in [-0.3, -0.25) is 0 Å². The van der Waals surface area contributed by atoms with Gasteiger partial charge in [0.25, 0.3) is 0 Å². The first-order chi connectivity index (χ1) is 12.4. The van der Waals surface area contributed by atoms with Crippen LogP contribution in [0, 0.1) is 17.6 Å². The van der Waals surface area contributed by atoms with Crippen LogP contribution in [-0.4, -0.2) is 26.2 Å². The zero-order valence-electron chi connectivity index (χ0n) is 14.2. The maximum absolute atomic E-state index is 13.9. The number of hydrogen-bond acceptors (Lipinski definition) is 3. The highest BCUT2D eigenvalue weighted by molar-refractivity contribution is 7.89. The van der Waals surface area contributed by atoms with Crippen LogP contribution in [0.1, 0.15) is 25.7 Å². The molecule has 1 aliphatic carbocycles. The second-order valence-corrected chi connectivity index (χ2v) is 8.36. The average molecular weight is 381 g/mol. The monoisotopic (exact) mass is 381 g/mol. The summed E-state index contributed by atoms with van der Waals surface area (Å²) in [6.45, 7) is 0.136. The summed E-state index contributed by atoms with van der Waals surface area (Å²) in [5, 5.41) is 9.16. The lowest BCUT2D eigenvalue weighted by molar-refractivity contribution is 0.180. The van der Waals surface area contributed by atoms with Crippen molar-refractivity contribution in [3.63, 3.8) is 0 Å². The minimum atomic E-state index is -3.68. The van der Waals surface area contributed by atoms with Crippen molar-refractivity contribution in [1.82, 2.24) is 4.72 Å². The molecule has 0 spiro atoms. The first-order valence-electron chi connectivity index (χ1n) is 8.58. The molecule has 2 aromatic carbocycles. The summed E-state index contributed by atoms with van der Waals surface area (Å²) in [4.78, 5) is 0.0855. The summed E-state index contributed by atoms with van der Waals surface area (Å²) >= 11 is 0. The van der Waals surface area contributed by atoms with Crippen molar-refractivity contribution in [2.75, 3.05) is 6.61 Å². The van der Waals surface area contributed by atoms with Gasteiger partial charge in [-0.15, -0.1) is 0 Å². The van der Waals surface area contributed by atoms with E-state index in [9.17, 15) is 17.2 Å². The number of rotatable bonds is 5. The van der Waals surface area contributed by atoms with Crippen LogP contribution in [0.5, 0.6) is 0 Å². The van der Waals surface area contributed by atoms with Crippen molar-refractivity contribution >= 4 is 10.0 Å². The van der Waals surface area contributed by atoms with Gasteiger partial charge in [0.2, 0.25) is 10.0 Å². The molecule has 0 radical (unpaired) electrons. The van der Waals surface area contributed by atoms with Crippen molar-refractivity contribution in [3.8, 4) is 11.1 Å². The van der Waals surface area contributed by atoms with Gasteiger partial charge in [0.1, 0.15) is 0 Å². The molecular formula is C19H21F2NO3S. The molecule has 0 atom stereocenters. The zero-order valence-corrected chi connectivity index (χ0v) is 15.0. The van der Waals surface area contributed by atoms with Crippen molar-refractivity contribution in [3.05, 3.63) is 54.1 Å². The molecule has 7 heteroatoms. The molecule has 0 saturated heterocycles. The molecule has 0 aliphatic heterocycles. The van der Waals surface area contributed by atoms with E-state index in [0.29, 0.717) is 18.4 Å². The fraction of sp³-hybridized carbons (Fsp3) is 0.368. The number of nitrogens with one attached hydrogen (secondary N) is 1. The fourth-order valence-corrected chi connectivity index (χ4v) is 4.60. The Kier molecular flexibility index (Phi) is 5.70. The van der Waals surface area contributed by atoms with Crippen molar-refractivity contribution in [1.29, 1.82) is 0 Å². The van der Waals surface area contributed by atoms with Crippen LogP contribution in [0.15, 0.2) is 47.4 Å². The van der Waals surface area contributed by atoms with Crippen LogP contribution < -0.4 is 4.72 Å². The second kappa shape index (κ2) is 7.82. The number of halogens is 2. The Balaban J connectivity index is 1.74. The molecule has 0 unspecified atom stereocenters. The zero-order chi connectivity index (χ0) is 18.7. The van der Waals surface area contributed by atoms with Crippen LogP contribution in [0.4, 0.5) is 8.78 Å². The van der Waals surface area contributed by atoms with Crippen LogP contribution in [0.2, 0.25) is 0 Å². The van der Waals surface area contributed by atoms with E-state index in [0.717, 1.165) is 18.9 Å². The van der Waals surface area contributed by atoms with Crippen LogP contribution in [0.25, 0.3) is 11.1 Å². The highest BCUT2D eigenvalue weighted by Crippen LogP contribution is 2.27. The van der Waals surface area contributed by atoms with Crippen molar-refractivity contribution < 1.29 is 22.3 Å². The predicted molar refractivity (Wildman–Crippen MR) is 94.9 cm³/mol. The third-order valence-corrected chi connectivity index (χ3v) is 6.39. The highest BCUT2D eigenvalue weighted by Gasteiger charge is 2.25. The predicted octanol–water partition coefficient (Wildman–Crippen LogP) is 3.46. The van der Waals surface area contributed by atoms with E-state index in [1.54, 1.807) is 0 Å². The molecule has 2 aromatic rings. The molecule has 3 rings (SSSR count). The Morgan fingerprint density at radius 3 is 2.27 bits per heavy atom. The van der Waals surface area contributed by atoms with E-state index in [1.165, 1.54) is 36.4 Å². The van der Waals surface area contributed by atoms with E-state index < -0.39 is 21.7 Å². The SMILES string of the molecule is O=S(=O)(NC1CCC(CO)CC1)c1ccc(-c2cccc(F)c2F)cc1. The molecule has 26 heavy (non-hydrogen) atoms. The quantitative estimate of drug-likeness (QED) is 0.834. The Hall–Kier alpha value is -1.83. The van der Waals surface area contributed by atoms with Crippen LogP contribution in [0.3, 0.4) is 0 Å². The normalized spacial score (nSPS) is 20.9. The number of benzene rings is 2. The Bertz CT molecular complexity index is 861. The lowest BCUT2D eigenvalue weighted by Crippen LogP contribution is -2.38. The number of sulfonamides is 1. The summed E-state index contributed by atoms with van der Waals surface area (Å²) in [7, 11) is -3.68. The van der Waals surface area contributed by atoms with Gasteiger partial charge < -0.3 is 5.11 Å². The molecule has 1 aliphatic rings. The Labute approximate surface area is 151 Å². The number of hydrogen-bond donors (Lipinski definition) is 2. The standard InChI is InChI=1S/C19H21F2NO3S/c20-18-3-1-2-17(19(18)21)14-6-10-16(11-7-14)26(24,25)22-15-8-4-13(12-23)5-9-15/h1-3,6-7,10-11,13,15,22-23H,4-5,8-9,12H2. The molecule has 140 valence electrons. The highest BCUT2D eigenvalue weighted by atomic mass is 32.2. The van der Waals surface area contributed by atoms with Gasteiger partial charge in [-0.25, -0.2) is 21.9 Å². The molecule has 0 amide bonds. The average Bonchev–Trinajstić information content (AvgIpc) is 2.64. The maximum Gasteiger partial charge on any atom is 0.240 e. The summed E-state index contributed by atoms with van der Waals surface area (Å²) < 4.78 is 55.0. The molecule has 0 aromatic heterocycles. The van der Waals surface area contributed by atoms with Gasteiger partial charge in [0.05, 0.1) is 4.90 Å². The van der Waals surface area contributed by atoms with Gasteiger partial charge in [0, 0.05) is 18.2 Å². The Morgan fingerprint density at radius 2 is 1.65 bits per heavy atom. The Morgan fingerprint density at radius 1 is 1.00 bits per heavy atom. The second-order valence-electron chi connectivity index (χ2n) is 6.65. The van der Waals surface area contributed by atoms with Gasteiger partial charge in [-0.2, -0.15) is 0 Å². The molecule has 0 heterocycles. The van der Waals surface area contributed by atoms with Crippen molar-refractivity contribution in [2.24, 2.45) is 5.92 Å². The first kappa shape index (κ1) is 18.9. The topological polar surface area (TPSA) is 66.4 Å². The smallest absolute Gasteiger partial charge is 0.240 e. The van der Waals surface area contributed by atoms with Crippen LogP contribution >= 0.6 is 0 Å². The summed E-state index contributed by atoms with van der Waals surface area (Å²) in [5.74, 6) is -1.66. The summed E-state index contributed by atoms with van der Waals surface area (Å²) in [6, 6.07) is 9.45. The summed E-state index contributed by atoms with van der Waals surface area (Å²) in [5.41, 5.74) is 0.494. The fourth-order valence-electron chi connectivity index (χ4n) is 3.29.